The molecule has 2 atom stereocenters. The van der Waals surface area contributed by atoms with Gasteiger partial charge in [0.15, 0.2) is 0 Å². The van der Waals surface area contributed by atoms with E-state index in [1.807, 2.05) is 0 Å². The van der Waals surface area contributed by atoms with Crippen molar-refractivity contribution in [2.45, 2.75) is 37.9 Å². The maximum Gasteiger partial charge on any atom is 0.393 e. The standard InChI is InChI=1S/C14H14BrF4NO/c15-10-6-3-4-8(12(10)16)13(21)20-11-7-2-1-5-9(11)14(17,18)19/h3-4,6,9,11H,1-2,5,7H2,(H,20,21). The van der Waals surface area contributed by atoms with Crippen molar-refractivity contribution in [2.75, 3.05) is 0 Å². The molecule has 2 rings (SSSR count). The third kappa shape index (κ3) is 3.75. The zero-order chi connectivity index (χ0) is 15.6. The Labute approximate surface area is 128 Å². The second kappa shape index (κ2) is 6.34. The maximum atomic E-state index is 13.8. The smallest absolute Gasteiger partial charge is 0.349 e. The number of nitrogens with one attached hydrogen (secondary N) is 1. The van der Waals surface area contributed by atoms with E-state index >= 15 is 0 Å². The van der Waals surface area contributed by atoms with E-state index in [0.29, 0.717) is 12.8 Å². The summed E-state index contributed by atoms with van der Waals surface area (Å²) in [6.07, 6.45) is -2.99. The van der Waals surface area contributed by atoms with E-state index in [2.05, 4.69) is 21.2 Å². The summed E-state index contributed by atoms with van der Waals surface area (Å²) >= 11 is 2.95. The van der Waals surface area contributed by atoms with Crippen LogP contribution in [0.2, 0.25) is 0 Å². The van der Waals surface area contributed by atoms with E-state index in [9.17, 15) is 22.4 Å². The van der Waals surface area contributed by atoms with Crippen LogP contribution >= 0.6 is 15.9 Å². The average Bonchev–Trinajstić information content (AvgIpc) is 2.41. The molecule has 0 heterocycles. The van der Waals surface area contributed by atoms with E-state index in [0.717, 1.165) is 0 Å². The van der Waals surface area contributed by atoms with Gasteiger partial charge in [0.2, 0.25) is 0 Å². The van der Waals surface area contributed by atoms with Gasteiger partial charge in [-0.1, -0.05) is 18.9 Å². The number of rotatable bonds is 2. The molecule has 2 unspecified atom stereocenters. The van der Waals surface area contributed by atoms with Crippen molar-refractivity contribution in [2.24, 2.45) is 5.92 Å². The molecular weight excluding hydrogens is 354 g/mol. The number of carbonyl (C=O) groups is 1. The normalized spacial score (nSPS) is 22.9. The molecule has 0 radical (unpaired) electrons. The Balaban J connectivity index is 2.15. The Morgan fingerprint density at radius 3 is 2.57 bits per heavy atom. The van der Waals surface area contributed by atoms with Crippen LogP contribution in [0.1, 0.15) is 36.0 Å². The summed E-state index contributed by atoms with van der Waals surface area (Å²) in [5.74, 6) is -3.14. The fraction of sp³-hybridized carbons (Fsp3) is 0.500. The molecule has 116 valence electrons. The van der Waals surface area contributed by atoms with Crippen LogP contribution in [0.15, 0.2) is 22.7 Å². The Morgan fingerprint density at radius 2 is 1.90 bits per heavy atom. The highest BCUT2D eigenvalue weighted by molar-refractivity contribution is 9.10. The number of alkyl halides is 3. The molecule has 0 aromatic heterocycles. The van der Waals surface area contributed by atoms with Crippen LogP contribution in [0, 0.1) is 11.7 Å². The van der Waals surface area contributed by atoms with Crippen molar-refractivity contribution >= 4 is 21.8 Å². The van der Waals surface area contributed by atoms with Crippen LogP contribution in [0.3, 0.4) is 0 Å². The first-order valence-corrected chi connectivity index (χ1v) is 7.41. The molecule has 1 N–H and O–H groups in total. The highest BCUT2D eigenvalue weighted by Gasteiger charge is 2.46. The molecule has 1 saturated carbocycles. The van der Waals surface area contributed by atoms with Gasteiger partial charge in [-0.3, -0.25) is 4.79 Å². The topological polar surface area (TPSA) is 29.1 Å². The minimum Gasteiger partial charge on any atom is -0.349 e. The van der Waals surface area contributed by atoms with Gasteiger partial charge in [-0.05, 0) is 40.9 Å². The molecule has 0 saturated heterocycles. The molecule has 1 aliphatic carbocycles. The van der Waals surface area contributed by atoms with Gasteiger partial charge in [0.1, 0.15) is 5.82 Å². The highest BCUT2D eigenvalue weighted by atomic mass is 79.9. The van der Waals surface area contributed by atoms with Crippen molar-refractivity contribution in [3.8, 4) is 0 Å². The molecule has 2 nitrogen and oxygen atoms in total. The number of halogens is 5. The predicted octanol–water partition coefficient (Wildman–Crippen LogP) is 4.44. The summed E-state index contributed by atoms with van der Waals surface area (Å²) in [6, 6.07) is 3.14. The van der Waals surface area contributed by atoms with Crippen molar-refractivity contribution < 1.29 is 22.4 Å². The van der Waals surface area contributed by atoms with Crippen LogP contribution < -0.4 is 5.32 Å². The van der Waals surface area contributed by atoms with Gasteiger partial charge >= 0.3 is 6.18 Å². The van der Waals surface area contributed by atoms with Crippen molar-refractivity contribution in [3.63, 3.8) is 0 Å². The largest absolute Gasteiger partial charge is 0.393 e. The SMILES string of the molecule is O=C(NC1CCCCC1C(F)(F)F)c1cccc(Br)c1F. The van der Waals surface area contributed by atoms with Gasteiger partial charge in [0, 0.05) is 6.04 Å². The fourth-order valence-electron chi connectivity index (χ4n) is 2.62. The molecule has 7 heteroatoms. The molecule has 0 bridgehead atoms. The van der Waals surface area contributed by atoms with Gasteiger partial charge < -0.3 is 5.32 Å². The molecule has 1 fully saturated rings. The average molecular weight is 368 g/mol. The van der Waals surface area contributed by atoms with Gasteiger partial charge in [-0.2, -0.15) is 13.2 Å². The lowest BCUT2D eigenvalue weighted by atomic mass is 9.84. The molecular formula is C14H14BrF4NO. The number of amides is 1. The molecule has 0 spiro atoms. The van der Waals surface area contributed by atoms with Gasteiger partial charge in [0.05, 0.1) is 16.0 Å². The van der Waals surface area contributed by atoms with Crippen LogP contribution in [0.4, 0.5) is 17.6 Å². The lowest BCUT2D eigenvalue weighted by Crippen LogP contribution is -2.47. The monoisotopic (exact) mass is 367 g/mol. The first-order chi connectivity index (χ1) is 9.80. The summed E-state index contributed by atoms with van der Waals surface area (Å²) in [5.41, 5.74) is -0.254. The Bertz CT molecular complexity index is 532. The maximum absolute atomic E-state index is 13.8. The molecule has 0 aliphatic heterocycles. The number of hydrogen-bond acceptors (Lipinski definition) is 1. The van der Waals surface area contributed by atoms with Crippen molar-refractivity contribution in [1.29, 1.82) is 0 Å². The van der Waals surface area contributed by atoms with Crippen molar-refractivity contribution in [1.82, 2.24) is 5.32 Å². The highest BCUT2D eigenvalue weighted by Crippen LogP contribution is 2.37. The van der Waals surface area contributed by atoms with Crippen LogP contribution in [-0.2, 0) is 0 Å². The first-order valence-electron chi connectivity index (χ1n) is 6.62. The Hall–Kier alpha value is -1.11. The third-order valence-corrected chi connectivity index (χ3v) is 4.31. The lowest BCUT2D eigenvalue weighted by molar-refractivity contribution is -0.187. The van der Waals surface area contributed by atoms with Crippen LogP contribution in [-0.4, -0.2) is 18.1 Å². The van der Waals surface area contributed by atoms with Crippen LogP contribution in [0.5, 0.6) is 0 Å². The van der Waals surface area contributed by atoms with Gasteiger partial charge in [-0.25, -0.2) is 4.39 Å². The van der Waals surface area contributed by atoms with E-state index in [1.54, 1.807) is 0 Å². The quantitative estimate of drug-likeness (QED) is 0.769. The summed E-state index contributed by atoms with van der Waals surface area (Å²) in [6.45, 7) is 0. The second-order valence-corrected chi connectivity index (χ2v) is 5.97. The number of hydrogen-bond donors (Lipinski definition) is 1. The number of benzene rings is 1. The van der Waals surface area contributed by atoms with E-state index in [1.165, 1.54) is 18.2 Å². The molecule has 1 aliphatic rings. The fourth-order valence-corrected chi connectivity index (χ4v) is 2.99. The predicted molar refractivity (Wildman–Crippen MR) is 73.4 cm³/mol. The Kier molecular flexibility index (Phi) is 4.91. The molecule has 21 heavy (non-hydrogen) atoms. The minimum absolute atomic E-state index is 0.00455. The third-order valence-electron chi connectivity index (χ3n) is 3.70. The zero-order valence-electron chi connectivity index (χ0n) is 11.0. The van der Waals surface area contributed by atoms with E-state index < -0.39 is 29.9 Å². The molecule has 1 amide bonds. The van der Waals surface area contributed by atoms with Crippen molar-refractivity contribution in [3.05, 3.63) is 34.1 Å². The summed E-state index contributed by atoms with van der Waals surface area (Å²) in [7, 11) is 0. The van der Waals surface area contributed by atoms with Gasteiger partial charge in [0.25, 0.3) is 5.91 Å². The zero-order valence-corrected chi connectivity index (χ0v) is 12.6. The molecule has 1 aromatic rings. The number of carbonyl (C=O) groups excluding carboxylic acids is 1. The summed E-state index contributed by atoms with van der Waals surface area (Å²) < 4.78 is 52.8. The van der Waals surface area contributed by atoms with Gasteiger partial charge in [-0.15, -0.1) is 0 Å². The second-order valence-electron chi connectivity index (χ2n) is 5.11. The molecule has 1 aromatic carbocycles. The Morgan fingerprint density at radius 1 is 1.24 bits per heavy atom. The van der Waals surface area contributed by atoms with E-state index in [4.69, 9.17) is 0 Å². The van der Waals surface area contributed by atoms with Crippen LogP contribution in [0.25, 0.3) is 0 Å². The lowest BCUT2D eigenvalue weighted by Gasteiger charge is -2.33. The summed E-state index contributed by atoms with van der Waals surface area (Å²) in [5, 5.41) is 2.34. The first kappa shape index (κ1) is 16.3. The van der Waals surface area contributed by atoms with E-state index in [-0.39, 0.29) is 22.9 Å². The minimum atomic E-state index is -4.35. The summed E-state index contributed by atoms with van der Waals surface area (Å²) in [4.78, 5) is 12.0.